The van der Waals surface area contributed by atoms with Gasteiger partial charge in [-0.3, -0.25) is 4.79 Å². The van der Waals surface area contributed by atoms with Gasteiger partial charge in [0.1, 0.15) is 11.5 Å². The van der Waals surface area contributed by atoms with Crippen LogP contribution >= 0.6 is 0 Å². The monoisotopic (exact) mass is 528 g/mol. The molecule has 2 aromatic carbocycles. The van der Waals surface area contributed by atoms with Gasteiger partial charge in [0.05, 0.1) is 5.69 Å². The second kappa shape index (κ2) is 12.0. The summed E-state index contributed by atoms with van der Waals surface area (Å²) in [4.78, 5) is 23.3. The number of aryl methyl sites for hydroxylation is 1. The van der Waals surface area contributed by atoms with E-state index in [1.165, 1.54) is 56.9 Å². The lowest BCUT2D eigenvalue weighted by Crippen LogP contribution is -2.50. The minimum atomic E-state index is 0.231. The van der Waals surface area contributed by atoms with Gasteiger partial charge in [-0.1, -0.05) is 50.7 Å². The van der Waals surface area contributed by atoms with E-state index in [2.05, 4.69) is 34.1 Å². The predicted molar refractivity (Wildman–Crippen MR) is 156 cm³/mol. The summed E-state index contributed by atoms with van der Waals surface area (Å²) in [5.74, 6) is 3.16. The molecule has 208 valence electrons. The van der Waals surface area contributed by atoms with E-state index in [-0.39, 0.29) is 6.04 Å². The van der Waals surface area contributed by atoms with Crippen molar-refractivity contribution in [2.75, 3.05) is 6.54 Å². The number of ether oxygens (including phenoxy) is 1. The molecule has 39 heavy (non-hydrogen) atoms. The number of aliphatic imine (C=N–C) groups is 1. The van der Waals surface area contributed by atoms with Gasteiger partial charge in [-0.25, -0.2) is 4.99 Å². The molecule has 0 saturated heterocycles. The number of nitrogens with zero attached hydrogens (tertiary/aromatic N) is 3. The normalized spacial score (nSPS) is 23.7. The second-order valence-corrected chi connectivity index (χ2v) is 12.1. The number of hydrogen-bond donors (Lipinski definition) is 1. The molecular weight excluding hydrogens is 484 g/mol. The molecule has 2 aliphatic carbocycles. The quantitative estimate of drug-likeness (QED) is 0.452. The Morgan fingerprint density at radius 2 is 1.56 bits per heavy atom. The Hall–Kier alpha value is -3.02. The molecule has 4 aliphatic rings. The Morgan fingerprint density at radius 3 is 2.38 bits per heavy atom. The SMILES string of the molecule is NC1=Nc2ccc3cc2CN1[C@H](C1CCCCC1)CCC(=O)N(C1CCCCC1)CCCc1cccc(c1)O3. The Bertz CT molecular complexity index is 1180. The van der Waals surface area contributed by atoms with Gasteiger partial charge < -0.3 is 20.3 Å². The lowest BCUT2D eigenvalue weighted by molar-refractivity contribution is -0.134. The fourth-order valence-electron chi connectivity index (χ4n) is 7.44. The number of benzene rings is 2. The minimum absolute atomic E-state index is 0.231. The highest BCUT2D eigenvalue weighted by molar-refractivity contribution is 5.84. The average molecular weight is 529 g/mol. The fourth-order valence-corrected chi connectivity index (χ4v) is 7.44. The van der Waals surface area contributed by atoms with Gasteiger partial charge in [0.2, 0.25) is 5.91 Å². The third-order valence-corrected chi connectivity index (χ3v) is 9.50. The zero-order valence-corrected chi connectivity index (χ0v) is 23.3. The van der Waals surface area contributed by atoms with Gasteiger partial charge in [0, 0.05) is 37.2 Å². The number of guanidine groups is 1. The fraction of sp³-hybridized carbons (Fsp3) is 0.576. The van der Waals surface area contributed by atoms with Crippen LogP contribution in [0.3, 0.4) is 0 Å². The first-order valence-corrected chi connectivity index (χ1v) is 15.4. The summed E-state index contributed by atoms with van der Waals surface area (Å²) < 4.78 is 6.34. The summed E-state index contributed by atoms with van der Waals surface area (Å²) in [7, 11) is 0. The number of carbonyl (C=O) groups is 1. The zero-order valence-electron chi connectivity index (χ0n) is 23.3. The van der Waals surface area contributed by atoms with Crippen molar-refractivity contribution < 1.29 is 9.53 Å². The van der Waals surface area contributed by atoms with Crippen molar-refractivity contribution >= 4 is 17.6 Å². The van der Waals surface area contributed by atoms with Crippen LogP contribution in [0.4, 0.5) is 5.69 Å². The molecule has 2 N–H and O–H groups in total. The number of amides is 1. The smallest absolute Gasteiger partial charge is 0.222 e. The second-order valence-electron chi connectivity index (χ2n) is 12.1. The molecular formula is C33H44N4O2. The first kappa shape index (κ1) is 26.2. The molecule has 0 unspecified atom stereocenters. The van der Waals surface area contributed by atoms with Gasteiger partial charge >= 0.3 is 0 Å². The van der Waals surface area contributed by atoms with Crippen molar-refractivity contribution in [3.05, 3.63) is 53.6 Å². The first-order chi connectivity index (χ1) is 19.1. The average Bonchev–Trinajstić information content (AvgIpc) is 2.96. The number of carbonyl (C=O) groups excluding carboxylic acids is 1. The number of nitrogens with two attached hydrogens (primary N) is 1. The molecule has 6 rings (SSSR count). The first-order valence-electron chi connectivity index (χ1n) is 15.4. The van der Waals surface area contributed by atoms with Crippen LogP contribution in [0.25, 0.3) is 0 Å². The van der Waals surface area contributed by atoms with Crippen molar-refractivity contribution in [3.8, 4) is 11.5 Å². The van der Waals surface area contributed by atoms with E-state index in [4.69, 9.17) is 15.5 Å². The third-order valence-electron chi connectivity index (χ3n) is 9.50. The van der Waals surface area contributed by atoms with E-state index < -0.39 is 0 Å². The molecule has 2 aliphatic heterocycles. The molecule has 2 fully saturated rings. The van der Waals surface area contributed by atoms with Gasteiger partial charge in [-0.15, -0.1) is 0 Å². The largest absolute Gasteiger partial charge is 0.457 e. The van der Waals surface area contributed by atoms with Gasteiger partial charge in [0.15, 0.2) is 5.96 Å². The van der Waals surface area contributed by atoms with E-state index in [0.29, 0.717) is 36.8 Å². The highest BCUT2D eigenvalue weighted by atomic mass is 16.5. The minimum Gasteiger partial charge on any atom is -0.457 e. The summed E-state index contributed by atoms with van der Waals surface area (Å²) in [6.45, 7) is 1.55. The standard InChI is InChI=1S/C33H44N4O2/c34-33-35-30-17-16-29-22-26(30)23-37(33)31(25-11-3-1-4-12-25)18-19-32(38)36(27-13-5-2-6-14-27)20-8-10-24-9-7-15-28(21-24)39-29/h7,9,15-17,21-22,25,27,31H,1-6,8,10-14,18-20,23H2,(H2,34,35)/t31-/m0/s1. The predicted octanol–water partition coefficient (Wildman–Crippen LogP) is 7.08. The Balaban J connectivity index is 1.33. The van der Waals surface area contributed by atoms with Crippen LogP contribution in [0.5, 0.6) is 11.5 Å². The lowest BCUT2D eigenvalue weighted by atomic mass is 9.81. The molecule has 1 atom stereocenters. The number of hydrogen-bond acceptors (Lipinski definition) is 5. The van der Waals surface area contributed by atoms with Gasteiger partial charge in [0.25, 0.3) is 0 Å². The summed E-state index contributed by atoms with van der Waals surface area (Å²) >= 11 is 0. The highest BCUT2D eigenvalue weighted by Crippen LogP contribution is 2.37. The van der Waals surface area contributed by atoms with Crippen LogP contribution < -0.4 is 10.5 Å². The number of fused-ring (bicyclic) bond motifs is 4. The molecule has 0 aromatic heterocycles. The topological polar surface area (TPSA) is 71.2 Å². The van der Waals surface area contributed by atoms with Crippen LogP contribution in [-0.4, -0.2) is 40.3 Å². The zero-order chi connectivity index (χ0) is 26.6. The summed E-state index contributed by atoms with van der Waals surface area (Å²) in [6.07, 6.45) is 15.7. The van der Waals surface area contributed by atoms with Crippen LogP contribution in [0.1, 0.15) is 94.6 Å². The van der Waals surface area contributed by atoms with E-state index in [1.54, 1.807) is 0 Å². The lowest BCUT2D eigenvalue weighted by Gasteiger charge is -2.42. The summed E-state index contributed by atoms with van der Waals surface area (Å²) in [5, 5.41) is 0. The Morgan fingerprint density at radius 1 is 0.795 bits per heavy atom. The van der Waals surface area contributed by atoms with Crippen LogP contribution in [-0.2, 0) is 17.8 Å². The van der Waals surface area contributed by atoms with Crippen LogP contribution in [0, 0.1) is 5.92 Å². The Labute approximate surface area is 233 Å². The molecule has 0 radical (unpaired) electrons. The van der Waals surface area contributed by atoms with Crippen LogP contribution in [0.2, 0.25) is 0 Å². The molecule has 2 aromatic rings. The van der Waals surface area contributed by atoms with E-state index in [1.807, 2.05) is 18.2 Å². The Kier molecular flexibility index (Phi) is 8.08. The summed E-state index contributed by atoms with van der Waals surface area (Å²) in [6, 6.07) is 15.2. The molecule has 0 spiro atoms. The van der Waals surface area contributed by atoms with Crippen molar-refractivity contribution in [2.24, 2.45) is 16.6 Å². The van der Waals surface area contributed by atoms with Crippen molar-refractivity contribution in [1.29, 1.82) is 0 Å². The maximum atomic E-state index is 13.9. The molecule has 2 saturated carbocycles. The van der Waals surface area contributed by atoms with Crippen molar-refractivity contribution in [1.82, 2.24) is 9.80 Å². The molecule has 2 heterocycles. The van der Waals surface area contributed by atoms with E-state index in [0.717, 1.165) is 61.4 Å². The van der Waals surface area contributed by atoms with Crippen molar-refractivity contribution in [2.45, 2.75) is 109 Å². The van der Waals surface area contributed by atoms with E-state index >= 15 is 0 Å². The van der Waals surface area contributed by atoms with Gasteiger partial charge in [-0.2, -0.15) is 0 Å². The maximum absolute atomic E-state index is 13.9. The molecule has 6 heteroatoms. The van der Waals surface area contributed by atoms with Gasteiger partial charge in [-0.05, 0) is 86.8 Å². The third kappa shape index (κ3) is 6.10. The maximum Gasteiger partial charge on any atom is 0.222 e. The molecule has 6 nitrogen and oxygen atoms in total. The summed E-state index contributed by atoms with van der Waals surface area (Å²) in [5.41, 5.74) is 9.96. The van der Waals surface area contributed by atoms with Crippen LogP contribution in [0.15, 0.2) is 47.5 Å². The molecule has 1 amide bonds. The van der Waals surface area contributed by atoms with E-state index in [9.17, 15) is 4.79 Å². The highest BCUT2D eigenvalue weighted by Gasteiger charge is 2.34. The number of rotatable bonds is 2. The molecule has 5 bridgehead atoms. The van der Waals surface area contributed by atoms with Crippen molar-refractivity contribution in [3.63, 3.8) is 0 Å².